The number of hydrogen-bond donors (Lipinski definition) is 3. The van der Waals surface area contributed by atoms with E-state index in [1.807, 2.05) is 6.92 Å². The minimum Gasteiger partial charge on any atom is -0.493 e. The van der Waals surface area contributed by atoms with Gasteiger partial charge in [-0.1, -0.05) is 25.1 Å². The number of hydrogen-bond acceptors (Lipinski definition) is 10. The molecule has 1 heterocycles. The highest BCUT2D eigenvalue weighted by atomic mass is 16.6. The molecule has 0 aliphatic heterocycles. The van der Waals surface area contributed by atoms with Crippen LogP contribution in [0.5, 0.6) is 17.2 Å². The molecule has 0 atom stereocenters. The third kappa shape index (κ3) is 7.84. The molecule has 11 nitrogen and oxygen atoms in total. The first-order valence-corrected chi connectivity index (χ1v) is 11.3. The fraction of sp³-hybridized carbons (Fsp3) is 0.280. The molecule has 0 fully saturated rings. The number of carbonyl (C=O) groups excluding carboxylic acids is 2. The first-order valence-electron chi connectivity index (χ1n) is 11.3. The number of aryl methyl sites for hydroxylation is 1. The number of nitrogens with one attached hydrogen (secondary N) is 1. The normalized spacial score (nSPS) is 10.5. The molecular weight excluding hydrogens is 466 g/mol. The zero-order valence-electron chi connectivity index (χ0n) is 20.2. The van der Waals surface area contributed by atoms with E-state index in [1.165, 1.54) is 6.92 Å². The molecule has 36 heavy (non-hydrogen) atoms. The Bertz CT molecular complexity index is 1190. The van der Waals surface area contributed by atoms with Gasteiger partial charge < -0.3 is 25.7 Å². The molecule has 3 rings (SSSR count). The molecule has 190 valence electrons. The van der Waals surface area contributed by atoms with E-state index in [2.05, 4.69) is 15.4 Å². The summed E-state index contributed by atoms with van der Waals surface area (Å²) in [5, 5.41) is 0. The summed E-state index contributed by atoms with van der Waals surface area (Å²) in [6, 6.07) is 13.5. The maximum absolute atomic E-state index is 12.4. The highest BCUT2D eigenvalue weighted by molar-refractivity contribution is 5.93. The van der Waals surface area contributed by atoms with Crippen LogP contribution in [0.1, 0.15) is 41.9 Å². The smallest absolute Gasteiger partial charge is 0.308 e. The summed E-state index contributed by atoms with van der Waals surface area (Å²) in [4.78, 5) is 36.7. The van der Waals surface area contributed by atoms with Gasteiger partial charge in [0, 0.05) is 18.9 Å². The van der Waals surface area contributed by atoms with Crippen LogP contribution in [0.3, 0.4) is 0 Å². The van der Waals surface area contributed by atoms with E-state index in [4.69, 9.17) is 30.5 Å². The van der Waals surface area contributed by atoms with E-state index in [-0.39, 0.29) is 18.4 Å². The summed E-state index contributed by atoms with van der Waals surface area (Å²) in [5.74, 6) is 0.928. The Hall–Kier alpha value is -4.38. The molecule has 0 unspecified atom stereocenters. The van der Waals surface area contributed by atoms with Crippen molar-refractivity contribution in [1.82, 2.24) is 15.4 Å². The van der Waals surface area contributed by atoms with Gasteiger partial charge in [-0.15, -0.1) is 0 Å². The quantitative estimate of drug-likeness (QED) is 0.147. The van der Waals surface area contributed by atoms with Gasteiger partial charge in [0.1, 0.15) is 11.5 Å². The van der Waals surface area contributed by atoms with Crippen LogP contribution in [0.4, 0.5) is 11.8 Å². The molecule has 1 amide bonds. The lowest BCUT2D eigenvalue weighted by atomic mass is 10.2. The molecule has 11 heteroatoms. The number of nitrogens with two attached hydrogens (primary N) is 2. The van der Waals surface area contributed by atoms with Crippen LogP contribution in [0.25, 0.3) is 0 Å². The number of ether oxygens (including phenoxy) is 3. The summed E-state index contributed by atoms with van der Waals surface area (Å²) in [5.41, 5.74) is 15.7. The van der Waals surface area contributed by atoms with Crippen LogP contribution >= 0.6 is 0 Å². The number of nitrogens with zero attached hydrogens (tertiary/aromatic N) is 2. The van der Waals surface area contributed by atoms with Gasteiger partial charge >= 0.3 is 5.97 Å². The number of carbonyl (C=O) groups is 2. The van der Waals surface area contributed by atoms with Crippen LogP contribution in [-0.2, 0) is 22.7 Å². The number of amides is 1. The molecular formula is C25H29N5O6. The molecule has 3 aromatic rings. The molecule has 0 bridgehead atoms. The number of aromatic nitrogens is 2. The van der Waals surface area contributed by atoms with E-state index in [0.29, 0.717) is 54.6 Å². The van der Waals surface area contributed by atoms with Gasteiger partial charge in [0.15, 0.2) is 11.6 Å². The minimum absolute atomic E-state index is 0.115. The van der Waals surface area contributed by atoms with Gasteiger partial charge in [-0.25, -0.2) is 10.5 Å². The lowest BCUT2D eigenvalue weighted by Gasteiger charge is -2.13. The number of benzene rings is 2. The van der Waals surface area contributed by atoms with Crippen molar-refractivity contribution in [1.29, 1.82) is 0 Å². The Labute approximate surface area is 208 Å². The van der Waals surface area contributed by atoms with Gasteiger partial charge in [0.05, 0.1) is 25.5 Å². The molecule has 5 N–H and O–H groups in total. The summed E-state index contributed by atoms with van der Waals surface area (Å²) in [7, 11) is 0. The number of esters is 1. The highest BCUT2D eigenvalue weighted by Gasteiger charge is 2.12. The van der Waals surface area contributed by atoms with Gasteiger partial charge in [0.25, 0.3) is 5.91 Å². The van der Waals surface area contributed by atoms with E-state index in [9.17, 15) is 9.59 Å². The second-order valence-electron chi connectivity index (χ2n) is 7.63. The van der Waals surface area contributed by atoms with Crippen molar-refractivity contribution in [2.24, 2.45) is 0 Å². The van der Waals surface area contributed by atoms with Crippen molar-refractivity contribution in [3.63, 3.8) is 0 Å². The third-order valence-electron chi connectivity index (χ3n) is 4.80. The Kier molecular flexibility index (Phi) is 9.40. The Morgan fingerprint density at radius 3 is 2.44 bits per heavy atom. The third-order valence-corrected chi connectivity index (χ3v) is 4.80. The van der Waals surface area contributed by atoms with Crippen LogP contribution in [0, 0.1) is 0 Å². The molecule has 0 saturated heterocycles. The summed E-state index contributed by atoms with van der Waals surface area (Å²) in [6.07, 6.45) is 1.19. The van der Waals surface area contributed by atoms with Crippen LogP contribution in [0.2, 0.25) is 0 Å². The van der Waals surface area contributed by atoms with Crippen molar-refractivity contribution in [2.75, 3.05) is 24.7 Å². The van der Waals surface area contributed by atoms with Crippen molar-refractivity contribution >= 4 is 23.6 Å². The van der Waals surface area contributed by atoms with E-state index < -0.39 is 11.9 Å². The molecule has 1 aromatic heterocycles. The molecule has 0 aliphatic rings. The average Bonchev–Trinajstić information content (AvgIpc) is 2.85. The lowest BCUT2D eigenvalue weighted by Crippen LogP contribution is -2.23. The molecule has 0 radical (unpaired) electrons. The van der Waals surface area contributed by atoms with Crippen molar-refractivity contribution < 1.29 is 28.6 Å². The maximum Gasteiger partial charge on any atom is 0.308 e. The van der Waals surface area contributed by atoms with Gasteiger partial charge in [-0.05, 0) is 42.3 Å². The standard InChI is InChI=1S/C25H29N5O6/c1-3-21-22(23(26)29-25(27)28-21)34-13-5-12-33-20-7-4-6-18(14-20)24(32)30-35-15-17-8-10-19(11-9-17)36-16(2)31/h4,6-11,14H,3,5,12-13,15H2,1-2H3,(H,30,32)(H4,26,27,28,29). The van der Waals surface area contributed by atoms with Crippen molar-refractivity contribution in [2.45, 2.75) is 33.3 Å². The molecule has 0 aliphatic carbocycles. The SMILES string of the molecule is CCc1nc(N)nc(N)c1OCCCOc1cccc(C(=O)NOCc2ccc(OC(C)=O)cc2)c1. The molecule has 2 aromatic carbocycles. The first-order chi connectivity index (χ1) is 17.4. The van der Waals surface area contributed by atoms with E-state index in [1.54, 1.807) is 48.5 Å². The Morgan fingerprint density at radius 2 is 1.72 bits per heavy atom. The summed E-state index contributed by atoms with van der Waals surface area (Å²) >= 11 is 0. The van der Waals surface area contributed by atoms with Crippen molar-refractivity contribution in [3.8, 4) is 17.2 Å². The largest absolute Gasteiger partial charge is 0.493 e. The van der Waals surface area contributed by atoms with Gasteiger partial charge in [-0.2, -0.15) is 4.98 Å². The second-order valence-corrected chi connectivity index (χ2v) is 7.63. The van der Waals surface area contributed by atoms with E-state index in [0.717, 1.165) is 5.56 Å². The van der Waals surface area contributed by atoms with Crippen LogP contribution in [0.15, 0.2) is 48.5 Å². The number of rotatable bonds is 12. The number of hydroxylamine groups is 1. The van der Waals surface area contributed by atoms with Crippen LogP contribution < -0.4 is 31.2 Å². The second kappa shape index (κ2) is 12.9. The summed E-state index contributed by atoms with van der Waals surface area (Å²) in [6.45, 7) is 4.11. The maximum atomic E-state index is 12.4. The average molecular weight is 496 g/mol. The predicted molar refractivity (Wildman–Crippen MR) is 132 cm³/mol. The minimum atomic E-state index is -0.411. The molecule has 0 saturated carbocycles. The van der Waals surface area contributed by atoms with Crippen molar-refractivity contribution in [3.05, 3.63) is 65.4 Å². The Morgan fingerprint density at radius 1 is 0.972 bits per heavy atom. The fourth-order valence-electron chi connectivity index (χ4n) is 3.15. The van der Waals surface area contributed by atoms with E-state index >= 15 is 0 Å². The fourth-order valence-corrected chi connectivity index (χ4v) is 3.15. The Balaban J connectivity index is 1.41. The van der Waals surface area contributed by atoms with Crippen LogP contribution in [-0.4, -0.2) is 35.1 Å². The first kappa shape index (κ1) is 26.2. The summed E-state index contributed by atoms with van der Waals surface area (Å²) < 4.78 is 16.4. The zero-order chi connectivity index (χ0) is 25.9. The van der Waals surface area contributed by atoms with Gasteiger partial charge in [-0.3, -0.25) is 14.4 Å². The van der Waals surface area contributed by atoms with Gasteiger partial charge in [0.2, 0.25) is 5.95 Å². The zero-order valence-corrected chi connectivity index (χ0v) is 20.2. The lowest BCUT2D eigenvalue weighted by molar-refractivity contribution is -0.131. The monoisotopic (exact) mass is 495 g/mol. The highest BCUT2D eigenvalue weighted by Crippen LogP contribution is 2.24. The topological polar surface area (TPSA) is 161 Å². The number of nitrogen functional groups attached to an aromatic ring is 2. The molecule has 0 spiro atoms. The predicted octanol–water partition coefficient (Wildman–Crippen LogP) is 2.84. The number of anilines is 2.